The Bertz CT molecular complexity index is 2560. The molecule has 7 aromatic carbocycles. The van der Waals surface area contributed by atoms with Gasteiger partial charge < -0.3 is 0 Å². The molecule has 0 atom stereocenters. The second kappa shape index (κ2) is 11.2. The van der Waals surface area contributed by atoms with Crippen LogP contribution in [0.5, 0.6) is 0 Å². The van der Waals surface area contributed by atoms with Gasteiger partial charge in [0.15, 0.2) is 0 Å². The van der Waals surface area contributed by atoms with Gasteiger partial charge in [0, 0.05) is 0 Å². The molecular weight excluding hydrogens is 744 g/mol. The van der Waals surface area contributed by atoms with Gasteiger partial charge in [-0.15, -0.1) is 0 Å². The van der Waals surface area contributed by atoms with E-state index >= 15 is 0 Å². The Hall–Kier alpha value is -5.73. The SMILES string of the molecule is CC(C)(C)c1cc(C23c4ccccc4C(c4ccccc42)c2ccccc23)c(-n2ccnc2[Se])c(C23c4ccccc4C(c4ccccc42)c2ccccc23)c1. The molecule has 0 saturated heterocycles. The minimum absolute atomic E-state index is 0.166. The zero-order valence-corrected chi connectivity index (χ0v) is 33.3. The van der Waals surface area contributed by atoms with E-state index in [-0.39, 0.29) is 17.3 Å². The van der Waals surface area contributed by atoms with Crippen molar-refractivity contribution in [1.82, 2.24) is 9.55 Å². The van der Waals surface area contributed by atoms with Crippen LogP contribution < -0.4 is 4.72 Å². The number of nitrogens with zero attached hydrogens (tertiary/aromatic N) is 2. The third-order valence-corrected chi connectivity index (χ3v) is 14.3. The zero-order chi connectivity index (χ0) is 37.6. The molecule has 0 saturated carbocycles. The summed E-state index contributed by atoms with van der Waals surface area (Å²) in [5, 5.41) is 0. The van der Waals surface area contributed by atoms with E-state index in [1.54, 1.807) is 0 Å². The number of rotatable bonds is 3. The molecule has 1 radical (unpaired) electrons. The Labute approximate surface area is 336 Å². The van der Waals surface area contributed by atoms with E-state index in [9.17, 15) is 0 Å². The Morgan fingerprint density at radius 2 is 0.768 bits per heavy atom. The first-order valence-electron chi connectivity index (χ1n) is 19.8. The van der Waals surface area contributed by atoms with E-state index in [1.807, 2.05) is 6.20 Å². The molecule has 56 heavy (non-hydrogen) atoms. The molecule has 8 aromatic rings. The van der Waals surface area contributed by atoms with Gasteiger partial charge in [0.05, 0.1) is 0 Å². The van der Waals surface area contributed by atoms with Crippen molar-refractivity contribution in [2.24, 2.45) is 0 Å². The fourth-order valence-corrected chi connectivity index (χ4v) is 12.1. The van der Waals surface area contributed by atoms with Gasteiger partial charge in [0.1, 0.15) is 0 Å². The summed E-state index contributed by atoms with van der Waals surface area (Å²) in [6.45, 7) is 7.13. The molecule has 6 aliphatic rings. The van der Waals surface area contributed by atoms with Gasteiger partial charge in [-0.05, 0) is 0 Å². The summed E-state index contributed by atoms with van der Waals surface area (Å²) in [5.41, 5.74) is 20.3. The maximum atomic E-state index is 4.93. The van der Waals surface area contributed by atoms with E-state index in [2.05, 4.69) is 205 Å². The number of hydrogen-bond acceptors (Lipinski definition) is 1. The number of imidazole rings is 1. The van der Waals surface area contributed by atoms with Crippen molar-refractivity contribution in [3.05, 3.63) is 254 Å². The number of aromatic nitrogens is 2. The predicted octanol–water partition coefficient (Wildman–Crippen LogP) is 10.3. The quantitative estimate of drug-likeness (QED) is 0.163. The number of hydrogen-bond donors (Lipinski definition) is 0. The van der Waals surface area contributed by atoms with Crippen LogP contribution >= 0.6 is 0 Å². The van der Waals surface area contributed by atoms with Crippen LogP contribution in [0.2, 0.25) is 0 Å². The molecule has 4 bridgehead atoms. The van der Waals surface area contributed by atoms with E-state index in [1.165, 1.54) is 89.1 Å². The summed E-state index contributed by atoms with van der Waals surface area (Å²) in [6.07, 6.45) is 4.13. The fraction of sp³-hybridized carbons (Fsp3) is 0.151. The van der Waals surface area contributed by atoms with Crippen LogP contribution in [0.15, 0.2) is 170 Å². The molecule has 1 aromatic heterocycles. The Morgan fingerprint density at radius 1 is 0.464 bits per heavy atom. The van der Waals surface area contributed by atoms with Crippen LogP contribution in [-0.2, 0) is 16.2 Å². The molecule has 14 rings (SSSR count). The van der Waals surface area contributed by atoms with Crippen LogP contribution in [0.3, 0.4) is 0 Å². The summed E-state index contributed by atoms with van der Waals surface area (Å²) < 4.78 is 3.21. The molecule has 1 heterocycles. The molecule has 0 N–H and O–H groups in total. The minimum atomic E-state index is -0.609. The monoisotopic (exact) mass is 783 g/mol. The van der Waals surface area contributed by atoms with Crippen molar-refractivity contribution < 1.29 is 0 Å². The van der Waals surface area contributed by atoms with Crippen LogP contribution in [0.25, 0.3) is 5.69 Å². The molecule has 0 aliphatic heterocycles. The summed E-state index contributed by atoms with van der Waals surface area (Å²) in [5.74, 6) is 0.353. The van der Waals surface area contributed by atoms with E-state index in [4.69, 9.17) is 4.98 Å². The first-order valence-corrected chi connectivity index (χ1v) is 20.7. The molecular formula is C53H39N2Se. The van der Waals surface area contributed by atoms with Crippen LogP contribution in [0.1, 0.15) is 116 Å². The van der Waals surface area contributed by atoms with Crippen molar-refractivity contribution in [2.75, 3.05) is 0 Å². The average molecular weight is 783 g/mol. The zero-order valence-electron chi connectivity index (χ0n) is 31.6. The summed E-state index contributed by atoms with van der Waals surface area (Å²) in [4.78, 5) is 4.93. The second-order valence-corrected chi connectivity index (χ2v) is 17.9. The van der Waals surface area contributed by atoms with Crippen LogP contribution in [0, 0.1) is 0 Å². The molecule has 0 amide bonds. The topological polar surface area (TPSA) is 17.8 Å². The molecule has 2 nitrogen and oxygen atoms in total. The summed E-state index contributed by atoms with van der Waals surface area (Å²) in [6, 6.07) is 60.8. The molecule has 0 unspecified atom stereocenters. The molecule has 0 fully saturated rings. The maximum absolute atomic E-state index is 4.93. The predicted molar refractivity (Wildman–Crippen MR) is 226 cm³/mol. The molecule has 267 valence electrons. The van der Waals surface area contributed by atoms with E-state index < -0.39 is 10.8 Å². The van der Waals surface area contributed by atoms with Gasteiger partial charge >= 0.3 is 338 Å². The first-order chi connectivity index (χ1) is 27.4. The van der Waals surface area contributed by atoms with Crippen molar-refractivity contribution in [1.29, 1.82) is 0 Å². The molecule has 6 aliphatic carbocycles. The standard InChI is InChI=1S/C53H39N2Se/c1-51(2,3)32-30-45(52-39-22-10-4-16-33(39)47(34-17-5-11-23-40(34)52)35-18-6-12-24-41(35)52)49(55-29-28-54-50(55)56)46(31-32)53-42-25-13-7-19-36(42)48(37-20-8-14-26-43(37)53)38-21-9-15-27-44(38)53/h4-31,47-48H,1-3H3. The van der Waals surface area contributed by atoms with Crippen LogP contribution in [0.4, 0.5) is 0 Å². The van der Waals surface area contributed by atoms with E-state index in [0.29, 0.717) is 0 Å². The molecule has 3 heteroatoms. The molecule has 0 spiro atoms. The van der Waals surface area contributed by atoms with E-state index in [0.717, 1.165) is 4.72 Å². The third-order valence-electron chi connectivity index (χ3n) is 13.7. The van der Waals surface area contributed by atoms with Gasteiger partial charge in [-0.2, -0.15) is 0 Å². The second-order valence-electron chi connectivity index (χ2n) is 17.1. The first kappa shape index (κ1) is 32.5. The van der Waals surface area contributed by atoms with Crippen molar-refractivity contribution in [2.45, 2.75) is 48.9 Å². The van der Waals surface area contributed by atoms with Gasteiger partial charge in [-0.3, -0.25) is 0 Å². The van der Waals surface area contributed by atoms with Gasteiger partial charge in [0.25, 0.3) is 0 Å². The summed E-state index contributed by atoms with van der Waals surface area (Å²) in [7, 11) is 0. The Morgan fingerprint density at radius 3 is 1.04 bits per heavy atom. The van der Waals surface area contributed by atoms with Crippen molar-refractivity contribution >= 4 is 20.7 Å². The van der Waals surface area contributed by atoms with Gasteiger partial charge in [-0.1, -0.05) is 0 Å². The normalized spacial score (nSPS) is 21.7. The fourth-order valence-electron chi connectivity index (χ4n) is 11.6. The van der Waals surface area contributed by atoms with Crippen molar-refractivity contribution in [3.8, 4) is 5.69 Å². The van der Waals surface area contributed by atoms with Gasteiger partial charge in [0.2, 0.25) is 0 Å². The third kappa shape index (κ3) is 3.81. The average Bonchev–Trinajstić information content (AvgIpc) is 3.67. The van der Waals surface area contributed by atoms with Crippen LogP contribution in [-0.4, -0.2) is 25.6 Å². The Kier molecular flexibility index (Phi) is 6.50. The summed E-state index contributed by atoms with van der Waals surface area (Å²) >= 11 is 3.40. The Balaban J connectivity index is 1.36. The number of benzene rings is 7. The van der Waals surface area contributed by atoms with Gasteiger partial charge in [-0.25, -0.2) is 0 Å². The van der Waals surface area contributed by atoms with Crippen molar-refractivity contribution in [3.63, 3.8) is 0 Å².